The molecular weight excluding hydrogens is 182 g/mol. The molecule has 0 saturated heterocycles. The van der Waals surface area contributed by atoms with Crippen molar-refractivity contribution in [2.75, 3.05) is 6.26 Å². The van der Waals surface area contributed by atoms with Crippen LogP contribution in [0, 0.1) is 4.91 Å². The van der Waals surface area contributed by atoms with Gasteiger partial charge in [0, 0.05) is 6.26 Å². The van der Waals surface area contributed by atoms with E-state index in [-0.39, 0.29) is 17.4 Å². The van der Waals surface area contributed by atoms with Crippen molar-refractivity contribution in [3.05, 3.63) is 22.8 Å². The maximum absolute atomic E-state index is 10.8. The summed E-state index contributed by atoms with van der Waals surface area (Å²) in [6.45, 7) is -0.143. The highest BCUT2D eigenvalue weighted by atomic mass is 32.2. The molecule has 0 aliphatic rings. The van der Waals surface area contributed by atoms with Gasteiger partial charge in [-0.25, -0.2) is 8.42 Å². The van der Waals surface area contributed by atoms with Crippen LogP contribution in [-0.2, 0) is 16.4 Å². The first kappa shape index (κ1) is 8.92. The van der Waals surface area contributed by atoms with E-state index in [2.05, 4.69) is 5.18 Å². The van der Waals surface area contributed by atoms with Crippen LogP contribution in [0.3, 0.4) is 0 Å². The van der Waals surface area contributed by atoms with Crippen LogP contribution in [-0.4, -0.2) is 14.7 Å². The third kappa shape index (κ3) is 1.91. The summed E-state index contributed by atoms with van der Waals surface area (Å²) in [5.41, 5.74) is 0. The second-order valence-corrected chi connectivity index (χ2v) is 4.23. The lowest BCUT2D eigenvalue weighted by Crippen LogP contribution is -1.93. The van der Waals surface area contributed by atoms with E-state index in [1.54, 1.807) is 0 Å². The van der Waals surface area contributed by atoms with E-state index in [1.165, 1.54) is 12.1 Å². The summed E-state index contributed by atoms with van der Waals surface area (Å²) in [6.07, 6.45) is 1.03. The second-order valence-electron chi connectivity index (χ2n) is 2.28. The number of hydrogen-bond acceptors (Lipinski definition) is 5. The van der Waals surface area contributed by atoms with Crippen molar-refractivity contribution in [1.82, 2.24) is 0 Å². The van der Waals surface area contributed by atoms with Crippen molar-refractivity contribution >= 4 is 9.84 Å². The number of rotatable bonds is 3. The van der Waals surface area contributed by atoms with E-state index < -0.39 is 9.84 Å². The van der Waals surface area contributed by atoms with Gasteiger partial charge in [0.2, 0.25) is 14.9 Å². The van der Waals surface area contributed by atoms with Gasteiger partial charge in [0.05, 0.1) is 0 Å². The summed E-state index contributed by atoms with van der Waals surface area (Å²) < 4.78 is 26.5. The molecule has 1 heterocycles. The Morgan fingerprint density at radius 2 is 2.17 bits per heavy atom. The van der Waals surface area contributed by atoms with Gasteiger partial charge in [-0.05, 0) is 12.1 Å². The molecule has 12 heavy (non-hydrogen) atoms. The Morgan fingerprint density at radius 1 is 1.50 bits per heavy atom. The Hall–Kier alpha value is -1.17. The van der Waals surface area contributed by atoms with Gasteiger partial charge >= 0.3 is 0 Å². The van der Waals surface area contributed by atoms with Gasteiger partial charge in [0.25, 0.3) is 0 Å². The Bertz CT molecular complexity index is 378. The molecule has 6 heteroatoms. The molecular formula is C6H7NO4S. The van der Waals surface area contributed by atoms with Crippen LogP contribution >= 0.6 is 0 Å². The van der Waals surface area contributed by atoms with Crippen LogP contribution in [0.4, 0.5) is 0 Å². The molecule has 0 amide bonds. The monoisotopic (exact) mass is 189 g/mol. The van der Waals surface area contributed by atoms with Gasteiger partial charge in [0.15, 0.2) is 0 Å². The van der Waals surface area contributed by atoms with Crippen molar-refractivity contribution in [3.63, 3.8) is 0 Å². The topological polar surface area (TPSA) is 76.7 Å². The predicted molar refractivity (Wildman–Crippen MR) is 41.3 cm³/mol. The van der Waals surface area contributed by atoms with Gasteiger partial charge in [-0.15, -0.1) is 0 Å². The van der Waals surface area contributed by atoms with Crippen molar-refractivity contribution in [3.8, 4) is 0 Å². The molecule has 0 unspecified atom stereocenters. The largest absolute Gasteiger partial charge is 0.448 e. The molecule has 66 valence electrons. The third-order valence-electron chi connectivity index (χ3n) is 1.22. The SMILES string of the molecule is CS(=O)(=O)c1ccc(CN=O)o1. The first-order chi connectivity index (χ1) is 5.54. The normalized spacial score (nSPS) is 11.4. The molecule has 1 rings (SSSR count). The lowest BCUT2D eigenvalue weighted by Gasteiger charge is -1.89. The van der Waals surface area contributed by atoms with Gasteiger partial charge < -0.3 is 4.42 Å². The average molecular weight is 189 g/mol. The minimum atomic E-state index is -3.31. The Labute approximate surface area is 69.3 Å². The lowest BCUT2D eigenvalue weighted by atomic mass is 10.5. The first-order valence-electron chi connectivity index (χ1n) is 3.12. The van der Waals surface area contributed by atoms with E-state index in [1.807, 2.05) is 0 Å². The standard InChI is InChI=1S/C6H7NO4S/c1-12(9,10)6-3-2-5(11-6)4-7-8/h2-3H,4H2,1H3. The minimum Gasteiger partial charge on any atom is -0.448 e. The fourth-order valence-corrected chi connectivity index (χ4v) is 1.28. The summed E-state index contributed by atoms with van der Waals surface area (Å²) in [4.78, 5) is 9.77. The molecule has 0 saturated carbocycles. The quantitative estimate of drug-likeness (QED) is 0.663. The van der Waals surface area contributed by atoms with Crippen molar-refractivity contribution in [2.24, 2.45) is 5.18 Å². The van der Waals surface area contributed by atoms with E-state index in [0.29, 0.717) is 0 Å². The van der Waals surface area contributed by atoms with Crippen molar-refractivity contribution in [2.45, 2.75) is 11.6 Å². The van der Waals surface area contributed by atoms with Crippen LogP contribution in [0.2, 0.25) is 0 Å². The highest BCUT2D eigenvalue weighted by Crippen LogP contribution is 2.13. The zero-order valence-electron chi connectivity index (χ0n) is 6.35. The Morgan fingerprint density at radius 3 is 2.58 bits per heavy atom. The molecule has 0 aromatic carbocycles. The Kier molecular flexibility index (Phi) is 2.27. The summed E-state index contributed by atoms with van der Waals surface area (Å²) in [6, 6.07) is 2.72. The second kappa shape index (κ2) is 3.06. The number of nitroso groups, excluding NO2 is 1. The highest BCUT2D eigenvalue weighted by molar-refractivity contribution is 7.90. The van der Waals surface area contributed by atoms with Crippen LogP contribution in [0.1, 0.15) is 5.76 Å². The fourth-order valence-electron chi connectivity index (χ4n) is 0.706. The fraction of sp³-hybridized carbons (Fsp3) is 0.333. The molecule has 0 N–H and O–H groups in total. The van der Waals surface area contributed by atoms with E-state index in [9.17, 15) is 13.3 Å². The summed E-state index contributed by atoms with van der Waals surface area (Å²) in [7, 11) is -3.31. The molecule has 0 aliphatic carbocycles. The van der Waals surface area contributed by atoms with E-state index in [0.717, 1.165) is 6.26 Å². The van der Waals surface area contributed by atoms with Gasteiger partial charge in [0.1, 0.15) is 12.3 Å². The van der Waals surface area contributed by atoms with Crippen molar-refractivity contribution < 1.29 is 12.8 Å². The average Bonchev–Trinajstić information content (AvgIpc) is 2.35. The van der Waals surface area contributed by atoms with Crippen molar-refractivity contribution in [1.29, 1.82) is 0 Å². The van der Waals surface area contributed by atoms with Crippen LogP contribution in [0.15, 0.2) is 26.8 Å². The van der Waals surface area contributed by atoms with Gasteiger partial charge in [-0.2, -0.15) is 4.91 Å². The molecule has 0 fully saturated rings. The molecule has 1 aromatic rings. The Balaban J connectivity index is 2.99. The molecule has 0 bridgehead atoms. The zero-order valence-corrected chi connectivity index (χ0v) is 7.17. The first-order valence-corrected chi connectivity index (χ1v) is 5.01. The minimum absolute atomic E-state index is 0.138. The number of sulfone groups is 1. The molecule has 0 aliphatic heterocycles. The molecule has 1 aromatic heterocycles. The zero-order chi connectivity index (χ0) is 9.19. The van der Waals surface area contributed by atoms with Gasteiger partial charge in [-0.1, -0.05) is 5.18 Å². The number of nitrogens with zero attached hydrogens (tertiary/aromatic N) is 1. The molecule has 0 radical (unpaired) electrons. The molecule has 5 nitrogen and oxygen atoms in total. The van der Waals surface area contributed by atoms with Crippen LogP contribution in [0.25, 0.3) is 0 Å². The maximum Gasteiger partial charge on any atom is 0.217 e. The van der Waals surface area contributed by atoms with Crippen LogP contribution < -0.4 is 0 Å². The molecule has 0 spiro atoms. The number of hydrogen-bond donors (Lipinski definition) is 0. The highest BCUT2D eigenvalue weighted by Gasteiger charge is 2.11. The van der Waals surface area contributed by atoms with E-state index >= 15 is 0 Å². The van der Waals surface area contributed by atoms with E-state index in [4.69, 9.17) is 4.42 Å². The summed E-state index contributed by atoms with van der Waals surface area (Å²) in [5, 5.41) is 2.42. The predicted octanol–water partition coefficient (Wildman–Crippen LogP) is 0.950. The summed E-state index contributed by atoms with van der Waals surface area (Å²) in [5.74, 6) is 0.255. The number of furan rings is 1. The third-order valence-corrected chi connectivity index (χ3v) is 2.17. The molecule has 0 atom stereocenters. The maximum atomic E-state index is 10.8. The van der Waals surface area contributed by atoms with Gasteiger partial charge in [-0.3, -0.25) is 0 Å². The lowest BCUT2D eigenvalue weighted by molar-refractivity contribution is 0.417. The smallest absolute Gasteiger partial charge is 0.217 e. The van der Waals surface area contributed by atoms with Crippen LogP contribution in [0.5, 0.6) is 0 Å². The summed E-state index contributed by atoms with van der Waals surface area (Å²) >= 11 is 0.